The molecule has 20 heavy (non-hydrogen) atoms. The molecule has 1 atom stereocenters. The van der Waals surface area contributed by atoms with Crippen LogP contribution in [0.15, 0.2) is 12.1 Å². The summed E-state index contributed by atoms with van der Waals surface area (Å²) >= 11 is 5.89. The molecule has 1 unspecified atom stereocenters. The number of halogens is 2. The highest BCUT2D eigenvalue weighted by atomic mass is 35.5. The lowest BCUT2D eigenvalue weighted by atomic mass is 9.75. The molecule has 1 saturated heterocycles. The minimum absolute atomic E-state index is 0.0308. The van der Waals surface area contributed by atoms with Crippen LogP contribution < -0.4 is 11.1 Å². The molecule has 1 heterocycles. The van der Waals surface area contributed by atoms with E-state index >= 15 is 0 Å². The van der Waals surface area contributed by atoms with Gasteiger partial charge in [0.1, 0.15) is 5.82 Å². The van der Waals surface area contributed by atoms with Crippen LogP contribution in [0.3, 0.4) is 0 Å². The van der Waals surface area contributed by atoms with E-state index in [1.54, 1.807) is 0 Å². The molecule has 3 nitrogen and oxygen atoms in total. The minimum atomic E-state index is -0.627. The highest BCUT2D eigenvalue weighted by Crippen LogP contribution is 2.37. The van der Waals surface area contributed by atoms with E-state index in [1.807, 2.05) is 0 Å². The highest BCUT2D eigenvalue weighted by molar-refractivity contribution is 6.33. The summed E-state index contributed by atoms with van der Waals surface area (Å²) < 4.78 is 13.7. The maximum atomic E-state index is 13.7. The fourth-order valence-electron chi connectivity index (χ4n) is 2.80. The molecule has 1 aromatic carbocycles. The maximum Gasteiger partial charge on any atom is 0.170 e. The number of rotatable bonds is 5. The Morgan fingerprint density at radius 1 is 1.55 bits per heavy atom. The predicted molar refractivity (Wildman–Crippen MR) is 79.6 cm³/mol. The molecule has 1 aliphatic rings. The van der Waals surface area contributed by atoms with E-state index in [1.165, 1.54) is 12.1 Å². The van der Waals surface area contributed by atoms with Crippen molar-refractivity contribution in [1.29, 1.82) is 0 Å². The molecule has 0 amide bonds. The van der Waals surface area contributed by atoms with Gasteiger partial charge in [0.25, 0.3) is 0 Å². The van der Waals surface area contributed by atoms with Crippen molar-refractivity contribution in [3.63, 3.8) is 0 Å². The Kier molecular flexibility index (Phi) is 4.66. The number of nitrogens with one attached hydrogen (secondary N) is 1. The third-order valence-electron chi connectivity index (χ3n) is 4.08. The lowest BCUT2D eigenvalue weighted by molar-refractivity contribution is 0.0799. The fraction of sp³-hybridized carbons (Fsp3) is 0.533. The molecule has 1 fully saturated rings. The Morgan fingerprint density at radius 3 is 2.85 bits per heavy atom. The molecule has 1 aromatic rings. The first-order valence-corrected chi connectivity index (χ1v) is 7.38. The number of hydrogen-bond acceptors (Lipinski definition) is 3. The number of nitrogens with two attached hydrogens (primary N) is 1. The average Bonchev–Trinajstić information content (AvgIpc) is 2.91. The number of nitrogen functional groups attached to an aromatic ring is 1. The van der Waals surface area contributed by atoms with Gasteiger partial charge in [0.15, 0.2) is 5.78 Å². The zero-order chi connectivity index (χ0) is 14.8. The Labute approximate surface area is 123 Å². The van der Waals surface area contributed by atoms with Gasteiger partial charge < -0.3 is 11.1 Å². The van der Waals surface area contributed by atoms with E-state index in [0.717, 1.165) is 32.2 Å². The van der Waals surface area contributed by atoms with Crippen LogP contribution in [0.25, 0.3) is 0 Å². The topological polar surface area (TPSA) is 55.1 Å². The Hall–Kier alpha value is -1.13. The second-order valence-electron chi connectivity index (χ2n) is 5.49. The third kappa shape index (κ3) is 2.81. The standard InChI is InChI=1S/C15H20ClFN2O/c1-2-3-4-15(5-6-19-9-15)14(20)10-7-11(16)13(18)12(17)8-10/h7-8,19H,2-6,9,18H2,1H3. The fourth-order valence-corrected chi connectivity index (χ4v) is 3.01. The zero-order valence-electron chi connectivity index (χ0n) is 11.6. The molecule has 0 bridgehead atoms. The molecular formula is C15H20ClFN2O. The van der Waals surface area contributed by atoms with Crippen molar-refractivity contribution in [2.24, 2.45) is 5.41 Å². The summed E-state index contributed by atoms with van der Waals surface area (Å²) in [6, 6.07) is 2.68. The number of hydrogen-bond donors (Lipinski definition) is 2. The average molecular weight is 299 g/mol. The van der Waals surface area contributed by atoms with Crippen LogP contribution in [0.4, 0.5) is 10.1 Å². The van der Waals surface area contributed by atoms with Crippen LogP contribution in [-0.4, -0.2) is 18.9 Å². The minimum Gasteiger partial charge on any atom is -0.395 e. The summed E-state index contributed by atoms with van der Waals surface area (Å²) in [4.78, 5) is 12.8. The normalized spacial score (nSPS) is 22.1. The molecule has 0 spiro atoms. The lowest BCUT2D eigenvalue weighted by Crippen LogP contribution is -2.33. The van der Waals surface area contributed by atoms with Crippen molar-refractivity contribution in [2.45, 2.75) is 32.6 Å². The number of unbranched alkanes of at least 4 members (excludes halogenated alkanes) is 1. The molecule has 110 valence electrons. The lowest BCUT2D eigenvalue weighted by Gasteiger charge is -2.26. The van der Waals surface area contributed by atoms with Gasteiger partial charge in [0.2, 0.25) is 0 Å². The molecule has 0 saturated carbocycles. The summed E-state index contributed by atoms with van der Waals surface area (Å²) in [6.07, 6.45) is 3.62. The van der Waals surface area contributed by atoms with Crippen LogP contribution in [-0.2, 0) is 0 Å². The van der Waals surface area contributed by atoms with Gasteiger partial charge >= 0.3 is 0 Å². The SMILES string of the molecule is CCCCC1(C(=O)c2cc(F)c(N)c(Cl)c2)CCNC1. The van der Waals surface area contributed by atoms with Crippen molar-refractivity contribution in [1.82, 2.24) is 5.32 Å². The molecule has 3 N–H and O–H groups in total. The number of ketones is 1. The number of anilines is 1. The Balaban J connectivity index is 2.32. The summed E-state index contributed by atoms with van der Waals surface area (Å²) in [5, 5.41) is 3.34. The first-order chi connectivity index (χ1) is 9.50. The molecule has 0 radical (unpaired) electrons. The van der Waals surface area contributed by atoms with Gasteiger partial charge in [-0.1, -0.05) is 31.4 Å². The monoisotopic (exact) mass is 298 g/mol. The number of Topliss-reactive ketones (excluding diaryl/α,β-unsaturated/α-hetero) is 1. The molecule has 1 aliphatic heterocycles. The van der Waals surface area contributed by atoms with E-state index in [-0.39, 0.29) is 16.5 Å². The number of carbonyl (C=O) groups is 1. The summed E-state index contributed by atoms with van der Waals surface area (Å²) in [5.74, 6) is -0.658. The van der Waals surface area contributed by atoms with Crippen molar-refractivity contribution in [3.8, 4) is 0 Å². The van der Waals surface area contributed by atoms with Crippen LogP contribution in [0, 0.1) is 11.2 Å². The summed E-state index contributed by atoms with van der Waals surface area (Å²) in [5.41, 5.74) is 5.28. The van der Waals surface area contributed by atoms with Crippen molar-refractivity contribution < 1.29 is 9.18 Å². The van der Waals surface area contributed by atoms with E-state index in [0.29, 0.717) is 12.1 Å². The molecule has 5 heteroatoms. The van der Waals surface area contributed by atoms with Gasteiger partial charge in [0.05, 0.1) is 10.7 Å². The van der Waals surface area contributed by atoms with Crippen LogP contribution >= 0.6 is 11.6 Å². The first kappa shape index (κ1) is 15.3. The first-order valence-electron chi connectivity index (χ1n) is 7.00. The second-order valence-corrected chi connectivity index (χ2v) is 5.90. The van der Waals surface area contributed by atoms with E-state index in [2.05, 4.69) is 12.2 Å². The van der Waals surface area contributed by atoms with Crippen molar-refractivity contribution in [3.05, 3.63) is 28.5 Å². The largest absolute Gasteiger partial charge is 0.395 e. The van der Waals surface area contributed by atoms with Crippen LogP contribution in [0.1, 0.15) is 43.0 Å². The van der Waals surface area contributed by atoms with Crippen LogP contribution in [0.5, 0.6) is 0 Å². The predicted octanol–water partition coefficient (Wildman–Crippen LogP) is 3.41. The molecule has 0 aromatic heterocycles. The Morgan fingerprint density at radius 2 is 2.30 bits per heavy atom. The molecule has 2 rings (SSSR count). The van der Waals surface area contributed by atoms with Crippen molar-refractivity contribution in [2.75, 3.05) is 18.8 Å². The van der Waals surface area contributed by atoms with Gasteiger partial charge in [-0.25, -0.2) is 4.39 Å². The van der Waals surface area contributed by atoms with E-state index < -0.39 is 11.2 Å². The van der Waals surface area contributed by atoms with Crippen molar-refractivity contribution >= 4 is 23.1 Å². The zero-order valence-corrected chi connectivity index (χ0v) is 12.4. The van der Waals surface area contributed by atoms with E-state index in [4.69, 9.17) is 17.3 Å². The van der Waals surface area contributed by atoms with E-state index in [9.17, 15) is 9.18 Å². The second kappa shape index (κ2) is 6.10. The smallest absolute Gasteiger partial charge is 0.170 e. The third-order valence-corrected chi connectivity index (χ3v) is 4.39. The van der Waals surface area contributed by atoms with Gasteiger partial charge in [0, 0.05) is 17.5 Å². The number of carbonyl (C=O) groups excluding carboxylic acids is 1. The maximum absolute atomic E-state index is 13.7. The van der Waals surface area contributed by atoms with Gasteiger partial charge in [-0.3, -0.25) is 4.79 Å². The van der Waals surface area contributed by atoms with Gasteiger partial charge in [-0.2, -0.15) is 0 Å². The molecular weight excluding hydrogens is 279 g/mol. The summed E-state index contributed by atoms with van der Waals surface area (Å²) in [7, 11) is 0. The van der Waals surface area contributed by atoms with Crippen LogP contribution in [0.2, 0.25) is 5.02 Å². The highest BCUT2D eigenvalue weighted by Gasteiger charge is 2.41. The number of benzene rings is 1. The quantitative estimate of drug-likeness (QED) is 0.647. The van der Waals surface area contributed by atoms with Gasteiger partial charge in [-0.05, 0) is 31.5 Å². The Bertz CT molecular complexity index is 490. The van der Waals surface area contributed by atoms with Gasteiger partial charge in [-0.15, -0.1) is 0 Å². The summed E-state index contributed by atoms with van der Waals surface area (Å²) in [6.45, 7) is 3.57. The molecule has 0 aliphatic carbocycles.